The Labute approximate surface area is 136 Å². The fourth-order valence-electron chi connectivity index (χ4n) is 3.40. The summed E-state index contributed by atoms with van der Waals surface area (Å²) in [5.74, 6) is 1.06. The molecular formula is C17H25BrN2O. The number of benzene rings is 1. The third kappa shape index (κ3) is 3.99. The summed E-state index contributed by atoms with van der Waals surface area (Å²) >= 11 is 3.54. The molecule has 21 heavy (non-hydrogen) atoms. The van der Waals surface area contributed by atoms with Crippen LogP contribution in [0.1, 0.15) is 31.7 Å². The van der Waals surface area contributed by atoms with Crippen LogP contribution in [0.25, 0.3) is 0 Å². The Hall–Kier alpha value is -0.580. The molecule has 3 nitrogen and oxygen atoms in total. The molecule has 4 heteroatoms. The lowest BCUT2D eigenvalue weighted by Crippen LogP contribution is -2.46. The van der Waals surface area contributed by atoms with Gasteiger partial charge in [0.1, 0.15) is 11.9 Å². The summed E-state index contributed by atoms with van der Waals surface area (Å²) in [7, 11) is 0. The van der Waals surface area contributed by atoms with Crippen LogP contribution in [0.3, 0.4) is 0 Å². The number of ether oxygens (including phenoxy) is 1. The molecule has 1 fully saturated rings. The van der Waals surface area contributed by atoms with Crippen LogP contribution in [0.15, 0.2) is 22.7 Å². The van der Waals surface area contributed by atoms with Crippen molar-refractivity contribution in [2.24, 2.45) is 0 Å². The van der Waals surface area contributed by atoms with Gasteiger partial charge >= 0.3 is 0 Å². The predicted molar refractivity (Wildman–Crippen MR) is 90.0 cm³/mol. The lowest BCUT2D eigenvalue weighted by atomic mass is 10.0. The molecule has 0 spiro atoms. The smallest absolute Gasteiger partial charge is 0.123 e. The van der Waals surface area contributed by atoms with Gasteiger partial charge in [-0.1, -0.05) is 29.3 Å². The van der Waals surface area contributed by atoms with Gasteiger partial charge in [-0.3, -0.25) is 4.90 Å². The number of nitrogens with one attached hydrogen (secondary N) is 1. The van der Waals surface area contributed by atoms with Crippen LogP contribution in [-0.2, 0) is 6.42 Å². The van der Waals surface area contributed by atoms with E-state index in [1.807, 2.05) is 0 Å². The minimum Gasteiger partial charge on any atom is -0.488 e. The largest absolute Gasteiger partial charge is 0.488 e. The van der Waals surface area contributed by atoms with Gasteiger partial charge in [-0.05, 0) is 49.7 Å². The summed E-state index contributed by atoms with van der Waals surface area (Å²) in [4.78, 5) is 2.54. The van der Waals surface area contributed by atoms with Crippen LogP contribution >= 0.6 is 15.9 Å². The topological polar surface area (TPSA) is 24.5 Å². The lowest BCUT2D eigenvalue weighted by molar-refractivity contribution is 0.141. The highest BCUT2D eigenvalue weighted by Crippen LogP contribution is 2.31. The molecule has 0 aliphatic carbocycles. The summed E-state index contributed by atoms with van der Waals surface area (Å²) in [5, 5.41) is 3.64. The molecule has 0 radical (unpaired) electrons. The van der Waals surface area contributed by atoms with Gasteiger partial charge in [-0.2, -0.15) is 0 Å². The molecular weight excluding hydrogens is 328 g/mol. The van der Waals surface area contributed by atoms with Gasteiger partial charge < -0.3 is 10.1 Å². The monoisotopic (exact) mass is 352 g/mol. The highest BCUT2D eigenvalue weighted by Gasteiger charge is 2.26. The molecule has 2 atom stereocenters. The molecule has 2 unspecified atom stereocenters. The Morgan fingerprint density at radius 2 is 2.24 bits per heavy atom. The van der Waals surface area contributed by atoms with Crippen molar-refractivity contribution in [2.45, 2.75) is 44.8 Å². The van der Waals surface area contributed by atoms with E-state index in [9.17, 15) is 0 Å². The van der Waals surface area contributed by atoms with E-state index in [0.717, 1.165) is 36.3 Å². The molecule has 2 aliphatic rings. The number of halogens is 1. The molecule has 3 rings (SSSR count). The molecule has 0 saturated carbocycles. The first-order valence-corrected chi connectivity index (χ1v) is 8.94. The van der Waals surface area contributed by atoms with E-state index in [1.54, 1.807) is 0 Å². The summed E-state index contributed by atoms with van der Waals surface area (Å²) in [6.07, 6.45) is 5.35. The number of hydrogen-bond acceptors (Lipinski definition) is 3. The van der Waals surface area contributed by atoms with Crippen molar-refractivity contribution in [3.63, 3.8) is 0 Å². The van der Waals surface area contributed by atoms with E-state index in [0.29, 0.717) is 12.1 Å². The number of rotatable bonds is 5. The first-order chi connectivity index (χ1) is 10.2. The first-order valence-electron chi connectivity index (χ1n) is 8.15. The predicted octanol–water partition coefficient (Wildman–Crippen LogP) is 3.22. The van der Waals surface area contributed by atoms with Crippen LogP contribution in [0.4, 0.5) is 0 Å². The maximum absolute atomic E-state index is 6.10. The van der Waals surface area contributed by atoms with Gasteiger partial charge in [0, 0.05) is 30.0 Å². The summed E-state index contributed by atoms with van der Waals surface area (Å²) in [6.45, 7) is 6.71. The lowest BCUT2D eigenvalue weighted by Gasteiger charge is -2.31. The van der Waals surface area contributed by atoms with E-state index >= 15 is 0 Å². The summed E-state index contributed by atoms with van der Waals surface area (Å²) < 4.78 is 7.24. The van der Waals surface area contributed by atoms with E-state index < -0.39 is 0 Å². The fraction of sp³-hybridized carbons (Fsp3) is 0.647. The van der Waals surface area contributed by atoms with Crippen LogP contribution in [0.2, 0.25) is 0 Å². The molecule has 116 valence electrons. The third-order valence-corrected chi connectivity index (χ3v) is 5.06. The Morgan fingerprint density at radius 1 is 1.33 bits per heavy atom. The van der Waals surface area contributed by atoms with Crippen LogP contribution in [-0.4, -0.2) is 43.2 Å². The SMILES string of the molecule is CCN(CC1CCCCN1)CC1Cc2cc(Br)ccc2O1. The van der Waals surface area contributed by atoms with Crippen molar-refractivity contribution in [2.75, 3.05) is 26.2 Å². The Morgan fingerprint density at radius 3 is 3.00 bits per heavy atom. The maximum atomic E-state index is 6.10. The van der Waals surface area contributed by atoms with Gasteiger partial charge in [0.2, 0.25) is 0 Å². The molecule has 0 bridgehead atoms. The highest BCUT2D eigenvalue weighted by atomic mass is 79.9. The minimum atomic E-state index is 0.304. The molecule has 2 heterocycles. The Balaban J connectivity index is 1.53. The average molecular weight is 353 g/mol. The molecule has 1 saturated heterocycles. The van der Waals surface area contributed by atoms with Gasteiger partial charge in [0.15, 0.2) is 0 Å². The third-order valence-electron chi connectivity index (χ3n) is 4.56. The number of hydrogen-bond donors (Lipinski definition) is 1. The van der Waals surface area contributed by atoms with E-state index in [2.05, 4.69) is 51.3 Å². The number of piperidine rings is 1. The molecule has 1 aromatic carbocycles. The zero-order valence-electron chi connectivity index (χ0n) is 12.8. The van der Waals surface area contributed by atoms with E-state index in [1.165, 1.54) is 31.4 Å². The number of fused-ring (bicyclic) bond motifs is 1. The van der Waals surface area contributed by atoms with Crippen LogP contribution < -0.4 is 10.1 Å². The normalized spacial score (nSPS) is 24.9. The van der Waals surface area contributed by atoms with Crippen molar-refractivity contribution in [3.05, 3.63) is 28.2 Å². The first kappa shape index (κ1) is 15.3. The van der Waals surface area contributed by atoms with Gasteiger partial charge in [-0.15, -0.1) is 0 Å². The quantitative estimate of drug-likeness (QED) is 0.880. The van der Waals surface area contributed by atoms with Gasteiger partial charge in [0.25, 0.3) is 0 Å². The molecule has 1 aromatic rings. The zero-order valence-corrected chi connectivity index (χ0v) is 14.4. The Kier molecular flexibility index (Phi) is 5.19. The summed E-state index contributed by atoms with van der Waals surface area (Å²) in [5.41, 5.74) is 1.33. The van der Waals surface area contributed by atoms with Crippen molar-refractivity contribution in [3.8, 4) is 5.75 Å². The molecule has 0 amide bonds. The molecule has 0 aromatic heterocycles. The molecule has 1 N–H and O–H groups in total. The van der Waals surface area contributed by atoms with Gasteiger partial charge in [-0.25, -0.2) is 0 Å². The maximum Gasteiger partial charge on any atom is 0.123 e. The van der Waals surface area contributed by atoms with Crippen molar-refractivity contribution in [1.29, 1.82) is 0 Å². The van der Waals surface area contributed by atoms with Crippen LogP contribution in [0.5, 0.6) is 5.75 Å². The Bertz CT molecular complexity index is 474. The highest BCUT2D eigenvalue weighted by molar-refractivity contribution is 9.10. The fourth-order valence-corrected chi connectivity index (χ4v) is 3.81. The van der Waals surface area contributed by atoms with Gasteiger partial charge in [0.05, 0.1) is 0 Å². The second kappa shape index (κ2) is 7.12. The zero-order chi connectivity index (χ0) is 14.7. The van der Waals surface area contributed by atoms with Crippen molar-refractivity contribution < 1.29 is 4.74 Å². The van der Waals surface area contributed by atoms with E-state index in [4.69, 9.17) is 4.74 Å². The average Bonchev–Trinajstić information content (AvgIpc) is 2.89. The van der Waals surface area contributed by atoms with Crippen LogP contribution in [0, 0.1) is 0 Å². The standard InChI is InChI=1S/C17H25BrN2O/c1-2-20(11-15-5-3-4-8-19-15)12-16-10-13-9-14(18)6-7-17(13)21-16/h6-7,9,15-16,19H,2-5,8,10-12H2,1H3. The number of likely N-dealkylation sites (N-methyl/N-ethyl adjacent to an activating group) is 1. The summed E-state index contributed by atoms with van der Waals surface area (Å²) in [6, 6.07) is 6.99. The van der Waals surface area contributed by atoms with Crippen molar-refractivity contribution in [1.82, 2.24) is 10.2 Å². The number of nitrogens with zero attached hydrogens (tertiary/aromatic N) is 1. The second-order valence-electron chi connectivity index (χ2n) is 6.20. The van der Waals surface area contributed by atoms with E-state index in [-0.39, 0.29) is 0 Å². The minimum absolute atomic E-state index is 0.304. The second-order valence-corrected chi connectivity index (χ2v) is 7.11. The molecule has 2 aliphatic heterocycles. The van der Waals surface area contributed by atoms with Crippen molar-refractivity contribution >= 4 is 15.9 Å².